The Morgan fingerprint density at radius 3 is 2.23 bits per heavy atom. The molecule has 0 N–H and O–H groups in total. The first kappa shape index (κ1) is 11.4. The monoisotopic (exact) mass is 185 g/mol. The van der Waals surface area contributed by atoms with E-state index in [2.05, 4.69) is 9.47 Å². The predicted molar refractivity (Wildman–Crippen MR) is 42.4 cm³/mol. The van der Waals surface area contributed by atoms with Crippen molar-refractivity contribution < 1.29 is 19.1 Å². The first-order valence-corrected chi connectivity index (χ1v) is 3.87. The second-order valence-electron chi connectivity index (χ2n) is 2.29. The van der Waals surface area contributed by atoms with Crippen molar-refractivity contribution in [1.29, 1.82) is 5.26 Å². The Kier molecular flexibility index (Phi) is 6.24. The van der Waals surface area contributed by atoms with Gasteiger partial charge < -0.3 is 9.47 Å². The van der Waals surface area contributed by atoms with Gasteiger partial charge in [-0.05, 0) is 12.8 Å². The van der Waals surface area contributed by atoms with E-state index in [0.29, 0.717) is 19.4 Å². The molecule has 0 atom stereocenters. The summed E-state index contributed by atoms with van der Waals surface area (Å²) in [7, 11) is 0. The van der Waals surface area contributed by atoms with Crippen LogP contribution in [0.4, 0.5) is 0 Å². The molecule has 0 aromatic rings. The summed E-state index contributed by atoms with van der Waals surface area (Å²) in [6, 6.07) is 1.33. The molecule has 0 unspecified atom stereocenters. The Hall–Kier alpha value is -1.57. The van der Waals surface area contributed by atoms with Gasteiger partial charge in [0.15, 0.2) is 6.07 Å². The average Bonchev–Trinajstić information content (AvgIpc) is 2.10. The molecule has 0 aromatic heterocycles. The van der Waals surface area contributed by atoms with E-state index in [1.807, 2.05) is 0 Å². The summed E-state index contributed by atoms with van der Waals surface area (Å²) in [4.78, 5) is 20.6. The van der Waals surface area contributed by atoms with Gasteiger partial charge in [0.1, 0.15) is 0 Å². The Bertz CT molecular complexity index is 219. The SMILES string of the molecule is CC(=O)OCCCCOC(=O)C#N. The molecule has 0 heterocycles. The first-order valence-electron chi connectivity index (χ1n) is 3.87. The molecular formula is C8H11NO4. The Morgan fingerprint density at radius 2 is 1.77 bits per heavy atom. The number of nitriles is 1. The third kappa shape index (κ3) is 8.34. The number of rotatable bonds is 5. The summed E-state index contributed by atoms with van der Waals surface area (Å²) >= 11 is 0. The molecule has 0 rings (SSSR count). The van der Waals surface area contributed by atoms with Crippen LogP contribution in [0.1, 0.15) is 19.8 Å². The lowest BCUT2D eigenvalue weighted by atomic mass is 10.3. The number of esters is 2. The molecule has 0 spiro atoms. The summed E-state index contributed by atoms with van der Waals surface area (Å²) in [5.41, 5.74) is 0. The Labute approximate surface area is 76.2 Å². The summed E-state index contributed by atoms with van der Waals surface area (Å²) in [6.07, 6.45) is 1.21. The van der Waals surface area contributed by atoms with Gasteiger partial charge in [-0.1, -0.05) is 0 Å². The van der Waals surface area contributed by atoms with Crippen molar-refractivity contribution in [2.45, 2.75) is 19.8 Å². The molecule has 0 bridgehead atoms. The van der Waals surface area contributed by atoms with Crippen LogP contribution in [-0.4, -0.2) is 25.2 Å². The van der Waals surface area contributed by atoms with Crippen LogP contribution >= 0.6 is 0 Å². The minimum Gasteiger partial charge on any atom is -0.466 e. The molecule has 0 amide bonds. The zero-order valence-electron chi connectivity index (χ0n) is 7.41. The number of carbonyl (C=O) groups excluding carboxylic acids is 2. The van der Waals surface area contributed by atoms with Crippen molar-refractivity contribution in [3.8, 4) is 6.07 Å². The van der Waals surface area contributed by atoms with Crippen LogP contribution in [0.3, 0.4) is 0 Å². The van der Waals surface area contributed by atoms with Gasteiger partial charge in [-0.2, -0.15) is 5.26 Å². The second kappa shape index (κ2) is 7.10. The van der Waals surface area contributed by atoms with Crippen molar-refractivity contribution in [2.24, 2.45) is 0 Å². The molecule has 72 valence electrons. The van der Waals surface area contributed by atoms with Crippen LogP contribution in [0.15, 0.2) is 0 Å². The lowest BCUT2D eigenvalue weighted by Gasteiger charge is -2.01. The van der Waals surface area contributed by atoms with Gasteiger partial charge in [-0.25, -0.2) is 4.79 Å². The lowest BCUT2D eigenvalue weighted by Crippen LogP contribution is -2.05. The van der Waals surface area contributed by atoms with E-state index < -0.39 is 5.97 Å². The third-order valence-corrected chi connectivity index (χ3v) is 1.17. The predicted octanol–water partition coefficient (Wildman–Crippen LogP) is 0.396. The van der Waals surface area contributed by atoms with Gasteiger partial charge in [-0.15, -0.1) is 0 Å². The van der Waals surface area contributed by atoms with E-state index in [9.17, 15) is 9.59 Å². The van der Waals surface area contributed by atoms with Gasteiger partial charge in [0.25, 0.3) is 0 Å². The van der Waals surface area contributed by atoms with Gasteiger partial charge in [0.2, 0.25) is 0 Å². The number of carbonyl (C=O) groups is 2. The van der Waals surface area contributed by atoms with E-state index in [0.717, 1.165) is 0 Å². The molecule has 0 radical (unpaired) electrons. The molecule has 0 aromatic carbocycles. The number of unbranched alkanes of at least 4 members (excludes halogenated alkanes) is 1. The zero-order chi connectivity index (χ0) is 10.1. The standard InChI is InChI=1S/C8H11NO4/c1-7(10)12-4-2-3-5-13-8(11)6-9/h2-5H2,1H3. The van der Waals surface area contributed by atoms with Gasteiger partial charge >= 0.3 is 11.9 Å². The largest absolute Gasteiger partial charge is 0.466 e. The fraction of sp³-hybridized carbons (Fsp3) is 0.625. The van der Waals surface area contributed by atoms with Crippen molar-refractivity contribution in [3.05, 3.63) is 0 Å². The van der Waals surface area contributed by atoms with Gasteiger partial charge in [0.05, 0.1) is 13.2 Å². The van der Waals surface area contributed by atoms with Crippen molar-refractivity contribution >= 4 is 11.9 Å². The minimum absolute atomic E-state index is 0.188. The van der Waals surface area contributed by atoms with E-state index >= 15 is 0 Å². The molecule has 5 heteroatoms. The van der Waals surface area contributed by atoms with Gasteiger partial charge in [0, 0.05) is 6.92 Å². The molecule has 0 aliphatic carbocycles. The molecule has 0 saturated carbocycles. The van der Waals surface area contributed by atoms with E-state index in [1.165, 1.54) is 13.0 Å². The molecule has 13 heavy (non-hydrogen) atoms. The lowest BCUT2D eigenvalue weighted by molar-refractivity contribution is -0.142. The smallest absolute Gasteiger partial charge is 0.411 e. The van der Waals surface area contributed by atoms with Crippen molar-refractivity contribution in [3.63, 3.8) is 0 Å². The molecule has 0 saturated heterocycles. The summed E-state index contributed by atoms with van der Waals surface area (Å²) in [5.74, 6) is -1.21. The molecule has 0 aliphatic heterocycles. The van der Waals surface area contributed by atoms with E-state index in [4.69, 9.17) is 5.26 Å². The maximum atomic E-state index is 10.3. The number of ether oxygens (including phenoxy) is 2. The maximum Gasteiger partial charge on any atom is 0.411 e. The normalized spacial score (nSPS) is 8.62. The zero-order valence-corrected chi connectivity index (χ0v) is 7.41. The summed E-state index contributed by atoms with van der Waals surface area (Å²) in [5, 5.41) is 8.02. The van der Waals surface area contributed by atoms with Crippen LogP contribution in [0.5, 0.6) is 0 Å². The minimum atomic E-state index is -0.882. The second-order valence-corrected chi connectivity index (χ2v) is 2.29. The van der Waals surface area contributed by atoms with E-state index in [1.54, 1.807) is 0 Å². The van der Waals surface area contributed by atoms with Gasteiger partial charge in [-0.3, -0.25) is 4.79 Å². The third-order valence-electron chi connectivity index (χ3n) is 1.17. The van der Waals surface area contributed by atoms with E-state index in [-0.39, 0.29) is 12.6 Å². The fourth-order valence-corrected chi connectivity index (χ4v) is 0.617. The van der Waals surface area contributed by atoms with Crippen molar-refractivity contribution in [2.75, 3.05) is 13.2 Å². The van der Waals surface area contributed by atoms with Crippen LogP contribution in [-0.2, 0) is 19.1 Å². The summed E-state index contributed by atoms with van der Waals surface area (Å²) in [6.45, 7) is 1.84. The molecule has 5 nitrogen and oxygen atoms in total. The first-order chi connectivity index (χ1) is 6.16. The Morgan fingerprint density at radius 1 is 1.23 bits per heavy atom. The highest BCUT2D eigenvalue weighted by molar-refractivity contribution is 5.85. The highest BCUT2D eigenvalue weighted by Crippen LogP contribution is 1.91. The van der Waals surface area contributed by atoms with Crippen molar-refractivity contribution in [1.82, 2.24) is 0 Å². The summed E-state index contributed by atoms with van der Waals surface area (Å²) < 4.78 is 9.09. The number of nitrogens with zero attached hydrogens (tertiary/aromatic N) is 1. The fourth-order valence-electron chi connectivity index (χ4n) is 0.617. The highest BCUT2D eigenvalue weighted by atomic mass is 16.5. The maximum absolute atomic E-state index is 10.3. The van der Waals surface area contributed by atoms with Crippen LogP contribution in [0.25, 0.3) is 0 Å². The number of hydrogen-bond acceptors (Lipinski definition) is 5. The van der Waals surface area contributed by atoms with Crippen LogP contribution in [0, 0.1) is 11.3 Å². The quantitative estimate of drug-likeness (QED) is 0.352. The highest BCUT2D eigenvalue weighted by Gasteiger charge is 1.98. The van der Waals surface area contributed by atoms with Crippen LogP contribution in [0.2, 0.25) is 0 Å². The average molecular weight is 185 g/mol. The molecule has 0 fully saturated rings. The van der Waals surface area contributed by atoms with Crippen LogP contribution < -0.4 is 0 Å². The number of hydrogen-bond donors (Lipinski definition) is 0. The topological polar surface area (TPSA) is 76.4 Å². The molecule has 0 aliphatic rings. The molecular weight excluding hydrogens is 174 g/mol. The Balaban J connectivity index is 3.14.